The maximum absolute atomic E-state index is 9.21. The average Bonchev–Trinajstić information content (AvgIpc) is 2.55. The number of aryl methyl sites for hydroxylation is 1. The molecule has 0 amide bonds. The van der Waals surface area contributed by atoms with Crippen LogP contribution in [0.4, 0.5) is 11.8 Å². The van der Waals surface area contributed by atoms with Crippen molar-refractivity contribution in [3.63, 3.8) is 0 Å². The standard InChI is InChI=1S/C17H25N5O2.H2S/c1-3-5-13(8-9-23)21-16-15(10-19-17(18)22-16)24-11-14-7-4-6-12(2)20-14;/h4,6-7,10,13,23H,3,5,8-9,11H2,1-2H3,(H3,18,19,21,22);1H2/t13-;/m0./s1. The van der Waals surface area contributed by atoms with Gasteiger partial charge < -0.3 is 20.9 Å². The van der Waals surface area contributed by atoms with Gasteiger partial charge in [0.25, 0.3) is 0 Å². The van der Waals surface area contributed by atoms with Gasteiger partial charge in [0, 0.05) is 18.3 Å². The molecule has 0 aromatic carbocycles. The van der Waals surface area contributed by atoms with E-state index in [1.807, 2.05) is 25.1 Å². The van der Waals surface area contributed by atoms with E-state index in [-0.39, 0.29) is 32.1 Å². The number of anilines is 2. The summed E-state index contributed by atoms with van der Waals surface area (Å²) in [6.45, 7) is 4.47. The van der Waals surface area contributed by atoms with Gasteiger partial charge in [0.15, 0.2) is 11.6 Å². The number of pyridine rings is 1. The Labute approximate surface area is 155 Å². The largest absolute Gasteiger partial charge is 0.482 e. The Hall–Kier alpha value is -2.06. The molecule has 2 aromatic heterocycles. The third-order valence-corrected chi connectivity index (χ3v) is 3.55. The molecule has 2 heterocycles. The molecular formula is C17H27N5O2S. The van der Waals surface area contributed by atoms with Crippen molar-refractivity contribution in [3.8, 4) is 5.75 Å². The Bertz CT molecular complexity index is 651. The summed E-state index contributed by atoms with van der Waals surface area (Å²) in [6.07, 6.45) is 4.12. The fraction of sp³-hybridized carbons (Fsp3) is 0.471. The number of nitrogens with two attached hydrogens (primary N) is 1. The minimum atomic E-state index is 0. The first-order valence-electron chi connectivity index (χ1n) is 8.17. The first-order valence-corrected chi connectivity index (χ1v) is 8.17. The Morgan fingerprint density at radius 1 is 1.28 bits per heavy atom. The molecule has 0 fully saturated rings. The average molecular weight is 366 g/mol. The topological polar surface area (TPSA) is 106 Å². The van der Waals surface area contributed by atoms with E-state index < -0.39 is 0 Å². The van der Waals surface area contributed by atoms with Crippen LogP contribution in [0.25, 0.3) is 0 Å². The van der Waals surface area contributed by atoms with Crippen LogP contribution in [-0.2, 0) is 6.61 Å². The van der Waals surface area contributed by atoms with Crippen LogP contribution >= 0.6 is 13.5 Å². The molecular weight excluding hydrogens is 338 g/mol. The predicted octanol–water partition coefficient (Wildman–Crippen LogP) is 2.42. The molecule has 2 rings (SSSR count). The highest BCUT2D eigenvalue weighted by Crippen LogP contribution is 2.24. The first-order chi connectivity index (χ1) is 11.6. The summed E-state index contributed by atoms with van der Waals surface area (Å²) in [7, 11) is 0. The highest BCUT2D eigenvalue weighted by Gasteiger charge is 2.13. The monoisotopic (exact) mass is 365 g/mol. The fourth-order valence-electron chi connectivity index (χ4n) is 2.41. The molecule has 0 bridgehead atoms. The van der Waals surface area contributed by atoms with Gasteiger partial charge in [-0.1, -0.05) is 19.4 Å². The molecule has 138 valence electrons. The summed E-state index contributed by atoms with van der Waals surface area (Å²) < 4.78 is 5.82. The van der Waals surface area contributed by atoms with Crippen molar-refractivity contribution in [2.45, 2.75) is 45.8 Å². The summed E-state index contributed by atoms with van der Waals surface area (Å²) in [6, 6.07) is 5.89. The number of aliphatic hydroxyl groups is 1. The van der Waals surface area contributed by atoms with Crippen molar-refractivity contribution in [2.75, 3.05) is 17.7 Å². The molecule has 0 aliphatic heterocycles. The summed E-state index contributed by atoms with van der Waals surface area (Å²) in [5.41, 5.74) is 7.47. The van der Waals surface area contributed by atoms with Crippen molar-refractivity contribution in [1.29, 1.82) is 0 Å². The second-order valence-corrected chi connectivity index (χ2v) is 5.64. The van der Waals surface area contributed by atoms with Crippen LogP contribution in [0.15, 0.2) is 24.4 Å². The van der Waals surface area contributed by atoms with Gasteiger partial charge in [-0.3, -0.25) is 4.98 Å². The lowest BCUT2D eigenvalue weighted by Gasteiger charge is -2.19. The molecule has 0 aliphatic rings. The van der Waals surface area contributed by atoms with Gasteiger partial charge in [-0.2, -0.15) is 18.5 Å². The molecule has 8 heteroatoms. The van der Waals surface area contributed by atoms with Gasteiger partial charge in [-0.05, 0) is 31.9 Å². The Morgan fingerprint density at radius 3 is 2.76 bits per heavy atom. The van der Waals surface area contributed by atoms with Gasteiger partial charge >= 0.3 is 0 Å². The number of ether oxygens (including phenoxy) is 1. The highest BCUT2D eigenvalue weighted by molar-refractivity contribution is 7.59. The van der Waals surface area contributed by atoms with Crippen LogP contribution in [0.2, 0.25) is 0 Å². The molecule has 0 saturated heterocycles. The van der Waals surface area contributed by atoms with Gasteiger partial charge in [0.05, 0.1) is 11.9 Å². The maximum atomic E-state index is 9.21. The lowest BCUT2D eigenvalue weighted by molar-refractivity contribution is 0.275. The van der Waals surface area contributed by atoms with E-state index in [0.717, 1.165) is 24.2 Å². The van der Waals surface area contributed by atoms with Crippen LogP contribution < -0.4 is 15.8 Å². The van der Waals surface area contributed by atoms with Crippen molar-refractivity contribution >= 4 is 25.3 Å². The quantitative estimate of drug-likeness (QED) is 0.626. The van der Waals surface area contributed by atoms with Crippen molar-refractivity contribution in [2.24, 2.45) is 0 Å². The second-order valence-electron chi connectivity index (χ2n) is 5.64. The zero-order chi connectivity index (χ0) is 17.4. The van der Waals surface area contributed by atoms with Crippen LogP contribution in [0, 0.1) is 6.92 Å². The number of nitrogen functional groups attached to an aromatic ring is 1. The van der Waals surface area contributed by atoms with Crippen LogP contribution in [0.1, 0.15) is 37.6 Å². The normalized spacial score (nSPS) is 11.5. The zero-order valence-electron chi connectivity index (χ0n) is 14.7. The number of hydrogen-bond acceptors (Lipinski definition) is 7. The number of aliphatic hydroxyl groups excluding tert-OH is 1. The number of hydrogen-bond donors (Lipinski definition) is 3. The Morgan fingerprint density at radius 2 is 2.08 bits per heavy atom. The summed E-state index contributed by atoms with van der Waals surface area (Å²) in [4.78, 5) is 12.6. The minimum Gasteiger partial charge on any atom is -0.482 e. The minimum absolute atomic E-state index is 0. The van der Waals surface area contributed by atoms with E-state index in [9.17, 15) is 5.11 Å². The molecule has 0 radical (unpaired) electrons. The Balaban J connectivity index is 0.00000312. The Kier molecular flexibility index (Phi) is 9.01. The van der Waals surface area contributed by atoms with Gasteiger partial charge in [-0.25, -0.2) is 4.98 Å². The van der Waals surface area contributed by atoms with Gasteiger partial charge in [0.1, 0.15) is 6.61 Å². The fourth-order valence-corrected chi connectivity index (χ4v) is 2.41. The lowest BCUT2D eigenvalue weighted by atomic mass is 10.1. The predicted molar refractivity (Wildman–Crippen MR) is 104 cm³/mol. The molecule has 0 spiro atoms. The van der Waals surface area contributed by atoms with E-state index in [1.54, 1.807) is 6.20 Å². The van der Waals surface area contributed by atoms with Crippen LogP contribution in [0.3, 0.4) is 0 Å². The van der Waals surface area contributed by atoms with E-state index in [1.165, 1.54) is 0 Å². The smallest absolute Gasteiger partial charge is 0.222 e. The van der Waals surface area contributed by atoms with E-state index in [2.05, 4.69) is 27.2 Å². The molecule has 1 atom stereocenters. The van der Waals surface area contributed by atoms with Gasteiger partial charge in [-0.15, -0.1) is 0 Å². The van der Waals surface area contributed by atoms with Crippen molar-refractivity contribution in [3.05, 3.63) is 35.8 Å². The third-order valence-electron chi connectivity index (χ3n) is 3.55. The third kappa shape index (κ3) is 6.75. The number of nitrogens with one attached hydrogen (secondary N) is 1. The van der Waals surface area contributed by atoms with Crippen molar-refractivity contribution in [1.82, 2.24) is 15.0 Å². The maximum Gasteiger partial charge on any atom is 0.222 e. The van der Waals surface area contributed by atoms with E-state index >= 15 is 0 Å². The van der Waals surface area contributed by atoms with E-state index in [4.69, 9.17) is 10.5 Å². The summed E-state index contributed by atoms with van der Waals surface area (Å²) >= 11 is 0. The van der Waals surface area contributed by atoms with Gasteiger partial charge in [0.2, 0.25) is 5.95 Å². The van der Waals surface area contributed by atoms with Crippen molar-refractivity contribution < 1.29 is 9.84 Å². The SMILES string of the molecule is CCC[C@@H](CCO)Nc1nc(N)ncc1OCc1cccc(C)n1.S. The number of rotatable bonds is 9. The van der Waals surface area contributed by atoms with Crippen LogP contribution in [-0.4, -0.2) is 32.7 Å². The number of nitrogens with zero attached hydrogens (tertiary/aromatic N) is 3. The zero-order valence-corrected chi connectivity index (χ0v) is 15.7. The first kappa shape index (κ1) is 21.0. The van der Waals surface area contributed by atoms with Crippen LogP contribution in [0.5, 0.6) is 5.75 Å². The highest BCUT2D eigenvalue weighted by atomic mass is 32.1. The molecule has 2 aromatic rings. The molecule has 4 N–H and O–H groups in total. The summed E-state index contributed by atoms with van der Waals surface area (Å²) in [5.74, 6) is 1.24. The molecule has 7 nitrogen and oxygen atoms in total. The lowest BCUT2D eigenvalue weighted by Crippen LogP contribution is -2.22. The molecule has 0 aliphatic carbocycles. The molecule has 0 unspecified atom stereocenters. The second kappa shape index (κ2) is 10.7. The van der Waals surface area contributed by atoms with E-state index in [0.29, 0.717) is 24.6 Å². The molecule has 25 heavy (non-hydrogen) atoms. The summed E-state index contributed by atoms with van der Waals surface area (Å²) in [5, 5.41) is 12.5. The number of aromatic nitrogens is 3. The molecule has 0 saturated carbocycles.